The quantitative estimate of drug-likeness (QED) is 0.641. The second-order valence-electron chi connectivity index (χ2n) is 3.78. The zero-order valence-electron chi connectivity index (χ0n) is 9.31. The lowest BCUT2D eigenvalue weighted by molar-refractivity contribution is 0.536. The van der Waals surface area contributed by atoms with E-state index >= 15 is 0 Å². The Hall–Kier alpha value is -1.30. The summed E-state index contributed by atoms with van der Waals surface area (Å²) >= 11 is 5.07. The summed E-state index contributed by atoms with van der Waals surface area (Å²) in [6, 6.07) is 0. The van der Waals surface area contributed by atoms with E-state index < -0.39 is 0 Å². The zero-order chi connectivity index (χ0) is 11.4. The number of nitrogens with one attached hydrogen (secondary N) is 1. The average Bonchev–Trinajstić information content (AvgIpc) is 2.70. The standard InChI is InChI=1S/C10H15N5S/c1-2-3-4-5-6-15-9-8(13-14-15)10(16)12-7-11-9/h7H,2-6H2,1H3,(H,11,12,16). The SMILES string of the molecule is CCCCCCn1nnc2c(=S)nc[nH]c21. The average molecular weight is 237 g/mol. The van der Waals surface area contributed by atoms with Crippen molar-refractivity contribution >= 4 is 23.4 Å². The molecule has 2 heterocycles. The Morgan fingerprint density at radius 1 is 1.38 bits per heavy atom. The Bertz CT molecular complexity index is 515. The van der Waals surface area contributed by atoms with Crippen molar-refractivity contribution in [1.29, 1.82) is 0 Å². The number of H-pyrrole nitrogens is 1. The number of unbranched alkanes of at least 4 members (excludes halogenated alkanes) is 3. The molecule has 0 saturated heterocycles. The first-order valence-electron chi connectivity index (χ1n) is 5.60. The minimum Gasteiger partial charge on any atom is -0.329 e. The van der Waals surface area contributed by atoms with Gasteiger partial charge < -0.3 is 4.98 Å². The van der Waals surface area contributed by atoms with Crippen LogP contribution in [0.3, 0.4) is 0 Å². The van der Waals surface area contributed by atoms with Crippen molar-refractivity contribution in [2.24, 2.45) is 0 Å². The molecule has 0 spiro atoms. The van der Waals surface area contributed by atoms with Crippen LogP contribution in [-0.4, -0.2) is 25.0 Å². The van der Waals surface area contributed by atoms with Crippen molar-refractivity contribution in [3.05, 3.63) is 11.0 Å². The maximum atomic E-state index is 5.07. The summed E-state index contributed by atoms with van der Waals surface area (Å²) in [6.07, 6.45) is 6.45. The highest BCUT2D eigenvalue weighted by Crippen LogP contribution is 2.09. The van der Waals surface area contributed by atoms with Crippen LogP contribution in [0.2, 0.25) is 0 Å². The third kappa shape index (κ3) is 2.27. The largest absolute Gasteiger partial charge is 0.329 e. The van der Waals surface area contributed by atoms with Gasteiger partial charge in [0.1, 0.15) is 0 Å². The molecule has 0 radical (unpaired) electrons. The molecule has 6 heteroatoms. The van der Waals surface area contributed by atoms with Crippen LogP contribution in [0.15, 0.2) is 6.33 Å². The highest BCUT2D eigenvalue weighted by molar-refractivity contribution is 7.71. The van der Waals surface area contributed by atoms with Gasteiger partial charge in [0.15, 0.2) is 15.8 Å². The van der Waals surface area contributed by atoms with E-state index in [9.17, 15) is 0 Å². The molecule has 0 aliphatic heterocycles. The molecule has 0 amide bonds. The van der Waals surface area contributed by atoms with Gasteiger partial charge in [-0.1, -0.05) is 43.6 Å². The highest BCUT2D eigenvalue weighted by Gasteiger charge is 2.05. The lowest BCUT2D eigenvalue weighted by atomic mass is 10.2. The third-order valence-electron chi connectivity index (χ3n) is 2.54. The molecule has 1 N–H and O–H groups in total. The molecule has 0 saturated carbocycles. The Kier molecular flexibility index (Phi) is 3.61. The van der Waals surface area contributed by atoms with Gasteiger partial charge in [-0.05, 0) is 6.42 Å². The van der Waals surface area contributed by atoms with Gasteiger partial charge in [-0.25, -0.2) is 9.67 Å². The maximum Gasteiger partial charge on any atom is 0.166 e. The predicted molar refractivity (Wildman–Crippen MR) is 64.6 cm³/mol. The number of fused-ring (bicyclic) bond motifs is 1. The molecule has 0 unspecified atom stereocenters. The summed E-state index contributed by atoms with van der Waals surface area (Å²) < 4.78 is 2.37. The second kappa shape index (κ2) is 5.16. The maximum absolute atomic E-state index is 5.07. The van der Waals surface area contributed by atoms with Gasteiger partial charge in [0.2, 0.25) is 0 Å². The number of rotatable bonds is 5. The van der Waals surface area contributed by atoms with Crippen molar-refractivity contribution in [1.82, 2.24) is 25.0 Å². The number of hydrogen-bond donors (Lipinski definition) is 1. The van der Waals surface area contributed by atoms with Crippen LogP contribution in [0.25, 0.3) is 11.2 Å². The van der Waals surface area contributed by atoms with Crippen LogP contribution in [-0.2, 0) is 6.54 Å². The lowest BCUT2D eigenvalue weighted by Gasteiger charge is -2.01. The molecular weight excluding hydrogens is 222 g/mol. The minimum atomic E-state index is 0.508. The van der Waals surface area contributed by atoms with Crippen LogP contribution in [0, 0.1) is 4.64 Å². The Balaban J connectivity index is 2.13. The van der Waals surface area contributed by atoms with Crippen LogP contribution in [0.5, 0.6) is 0 Å². The molecule has 0 aliphatic rings. The molecule has 86 valence electrons. The number of aromatic nitrogens is 5. The van der Waals surface area contributed by atoms with Gasteiger partial charge >= 0.3 is 0 Å². The normalized spacial score (nSPS) is 11.1. The first-order valence-corrected chi connectivity index (χ1v) is 6.00. The van der Waals surface area contributed by atoms with E-state index in [1.807, 2.05) is 4.68 Å². The van der Waals surface area contributed by atoms with Crippen LogP contribution >= 0.6 is 12.2 Å². The van der Waals surface area contributed by atoms with Gasteiger partial charge in [0, 0.05) is 6.54 Å². The van der Waals surface area contributed by atoms with Gasteiger partial charge in [-0.3, -0.25) is 0 Å². The van der Waals surface area contributed by atoms with Crippen LogP contribution in [0.1, 0.15) is 32.6 Å². The van der Waals surface area contributed by atoms with Gasteiger partial charge in [-0.2, -0.15) is 0 Å². The van der Waals surface area contributed by atoms with E-state index in [1.54, 1.807) is 6.33 Å². The van der Waals surface area contributed by atoms with Crippen molar-refractivity contribution < 1.29 is 0 Å². The number of aromatic amines is 1. The number of hydrogen-bond acceptors (Lipinski definition) is 4. The fourth-order valence-corrected chi connectivity index (χ4v) is 1.85. The molecule has 0 atom stereocenters. The van der Waals surface area contributed by atoms with E-state index in [-0.39, 0.29) is 0 Å². The first kappa shape index (κ1) is 11.2. The smallest absolute Gasteiger partial charge is 0.166 e. The number of nitrogens with zero attached hydrogens (tertiary/aromatic N) is 4. The van der Waals surface area contributed by atoms with Crippen molar-refractivity contribution in [3.63, 3.8) is 0 Å². The summed E-state index contributed by atoms with van der Waals surface area (Å²) in [5.74, 6) is 0. The molecule has 0 aromatic carbocycles. The second-order valence-corrected chi connectivity index (χ2v) is 4.16. The van der Waals surface area contributed by atoms with E-state index in [0.29, 0.717) is 10.2 Å². The zero-order valence-corrected chi connectivity index (χ0v) is 10.1. The summed E-state index contributed by atoms with van der Waals surface area (Å²) in [5.41, 5.74) is 1.56. The highest BCUT2D eigenvalue weighted by atomic mass is 32.1. The van der Waals surface area contributed by atoms with Crippen molar-refractivity contribution in [3.8, 4) is 0 Å². The molecule has 0 aliphatic carbocycles. The monoisotopic (exact) mass is 237 g/mol. The van der Waals surface area contributed by atoms with Crippen molar-refractivity contribution in [2.45, 2.75) is 39.2 Å². The fraction of sp³-hybridized carbons (Fsp3) is 0.600. The Morgan fingerprint density at radius 2 is 2.25 bits per heavy atom. The molecule has 5 nitrogen and oxygen atoms in total. The molecule has 2 aromatic heterocycles. The summed E-state index contributed by atoms with van der Waals surface area (Å²) in [7, 11) is 0. The number of aryl methyl sites for hydroxylation is 1. The van der Waals surface area contributed by atoms with E-state index in [1.165, 1.54) is 19.3 Å². The summed E-state index contributed by atoms with van der Waals surface area (Å²) in [5, 5.41) is 8.11. The van der Waals surface area contributed by atoms with E-state index in [4.69, 9.17) is 12.2 Å². The van der Waals surface area contributed by atoms with E-state index in [0.717, 1.165) is 18.6 Å². The predicted octanol–water partition coefficient (Wildman–Crippen LogP) is 2.46. The molecule has 2 rings (SSSR count). The van der Waals surface area contributed by atoms with Gasteiger partial charge in [0.25, 0.3) is 0 Å². The summed E-state index contributed by atoms with van der Waals surface area (Å²) in [6.45, 7) is 3.08. The van der Waals surface area contributed by atoms with E-state index in [2.05, 4.69) is 27.2 Å². The van der Waals surface area contributed by atoms with Gasteiger partial charge in [-0.15, -0.1) is 5.10 Å². The van der Waals surface area contributed by atoms with Crippen molar-refractivity contribution in [2.75, 3.05) is 0 Å². The lowest BCUT2D eigenvalue weighted by Crippen LogP contribution is -2.01. The molecule has 2 aromatic rings. The minimum absolute atomic E-state index is 0.508. The topological polar surface area (TPSA) is 59.4 Å². The molecule has 16 heavy (non-hydrogen) atoms. The van der Waals surface area contributed by atoms with Crippen LogP contribution < -0.4 is 0 Å². The fourth-order valence-electron chi connectivity index (χ4n) is 1.66. The molecule has 0 fully saturated rings. The molecular formula is C10H15N5S. The van der Waals surface area contributed by atoms with Gasteiger partial charge in [0.05, 0.1) is 6.33 Å². The third-order valence-corrected chi connectivity index (χ3v) is 2.84. The first-order chi connectivity index (χ1) is 7.83. The Morgan fingerprint density at radius 3 is 3.06 bits per heavy atom. The Labute approximate surface area is 98.9 Å². The summed E-state index contributed by atoms with van der Waals surface area (Å²) in [4.78, 5) is 7.02. The molecule has 0 bridgehead atoms. The van der Waals surface area contributed by atoms with Crippen LogP contribution in [0.4, 0.5) is 0 Å².